The number of carbonyl (C=O) groups excluding carboxylic acids is 1. The van der Waals surface area contributed by atoms with Crippen LogP contribution in [0.2, 0.25) is 0 Å². The standard InChI is InChI=1S/C19H23NO3/c1-14(17-11-10-16(22-3)13-18(17)23-4)12-19(21)20(2)15-8-6-5-7-9-15/h5-11,13-14H,12H2,1-4H3. The van der Waals surface area contributed by atoms with Crippen molar-refractivity contribution in [2.24, 2.45) is 0 Å². The molecule has 0 saturated heterocycles. The molecule has 4 nitrogen and oxygen atoms in total. The van der Waals surface area contributed by atoms with Crippen LogP contribution in [0.1, 0.15) is 24.8 Å². The van der Waals surface area contributed by atoms with Crippen LogP contribution in [0.15, 0.2) is 48.5 Å². The number of rotatable bonds is 6. The topological polar surface area (TPSA) is 38.8 Å². The van der Waals surface area contributed by atoms with E-state index in [-0.39, 0.29) is 11.8 Å². The number of anilines is 1. The van der Waals surface area contributed by atoms with Crippen LogP contribution in [0.5, 0.6) is 11.5 Å². The van der Waals surface area contributed by atoms with Gasteiger partial charge in [0.2, 0.25) is 5.91 Å². The normalized spacial score (nSPS) is 11.7. The molecule has 0 saturated carbocycles. The van der Waals surface area contributed by atoms with Gasteiger partial charge in [-0.1, -0.05) is 31.2 Å². The van der Waals surface area contributed by atoms with Crippen LogP contribution in [0.25, 0.3) is 0 Å². The molecule has 1 atom stereocenters. The zero-order chi connectivity index (χ0) is 16.8. The van der Waals surface area contributed by atoms with E-state index in [1.165, 1.54) is 0 Å². The Morgan fingerprint density at radius 2 is 1.78 bits per heavy atom. The van der Waals surface area contributed by atoms with Gasteiger partial charge in [0.25, 0.3) is 0 Å². The molecule has 1 amide bonds. The fraction of sp³-hybridized carbons (Fsp3) is 0.316. The molecule has 2 rings (SSSR count). The predicted molar refractivity (Wildman–Crippen MR) is 92.4 cm³/mol. The minimum absolute atomic E-state index is 0.0505. The summed E-state index contributed by atoms with van der Waals surface area (Å²) in [6.07, 6.45) is 0.411. The largest absolute Gasteiger partial charge is 0.497 e. The van der Waals surface area contributed by atoms with Gasteiger partial charge >= 0.3 is 0 Å². The lowest BCUT2D eigenvalue weighted by atomic mass is 9.96. The van der Waals surface area contributed by atoms with Gasteiger partial charge in [0.05, 0.1) is 14.2 Å². The van der Waals surface area contributed by atoms with Crippen LogP contribution in [0, 0.1) is 0 Å². The highest BCUT2D eigenvalue weighted by atomic mass is 16.5. The molecule has 0 aliphatic carbocycles. The number of para-hydroxylation sites is 1. The van der Waals surface area contributed by atoms with Gasteiger partial charge < -0.3 is 14.4 Å². The number of hydrogen-bond acceptors (Lipinski definition) is 3. The van der Waals surface area contributed by atoms with Gasteiger partial charge in [0.1, 0.15) is 11.5 Å². The smallest absolute Gasteiger partial charge is 0.227 e. The van der Waals surface area contributed by atoms with Crippen LogP contribution in [0.4, 0.5) is 5.69 Å². The molecular weight excluding hydrogens is 290 g/mol. The minimum Gasteiger partial charge on any atom is -0.497 e. The fourth-order valence-corrected chi connectivity index (χ4v) is 2.53. The van der Waals surface area contributed by atoms with Gasteiger partial charge in [-0.3, -0.25) is 4.79 Å². The third-order valence-corrected chi connectivity index (χ3v) is 3.97. The van der Waals surface area contributed by atoms with Gasteiger partial charge in [-0.15, -0.1) is 0 Å². The van der Waals surface area contributed by atoms with E-state index in [0.29, 0.717) is 6.42 Å². The van der Waals surface area contributed by atoms with Crippen molar-refractivity contribution >= 4 is 11.6 Å². The number of amides is 1. The molecule has 23 heavy (non-hydrogen) atoms. The molecule has 0 aliphatic heterocycles. The van der Waals surface area contributed by atoms with Crippen molar-refractivity contribution in [3.8, 4) is 11.5 Å². The first-order valence-electron chi connectivity index (χ1n) is 7.60. The van der Waals surface area contributed by atoms with Gasteiger partial charge in [-0.25, -0.2) is 0 Å². The fourth-order valence-electron chi connectivity index (χ4n) is 2.53. The highest BCUT2D eigenvalue weighted by Crippen LogP contribution is 2.32. The first-order valence-corrected chi connectivity index (χ1v) is 7.60. The van der Waals surface area contributed by atoms with E-state index in [9.17, 15) is 4.79 Å². The Bertz CT molecular complexity index is 655. The molecule has 0 heterocycles. The maximum absolute atomic E-state index is 12.5. The molecule has 0 aliphatic rings. The SMILES string of the molecule is COc1ccc(C(C)CC(=O)N(C)c2ccccc2)c(OC)c1. The Hall–Kier alpha value is -2.49. The lowest BCUT2D eigenvalue weighted by Gasteiger charge is -2.21. The Labute approximate surface area is 137 Å². The Morgan fingerprint density at radius 1 is 1.09 bits per heavy atom. The molecule has 0 fully saturated rings. The van der Waals surface area contributed by atoms with Crippen molar-refractivity contribution in [2.75, 3.05) is 26.2 Å². The molecule has 2 aromatic rings. The summed E-state index contributed by atoms with van der Waals surface area (Å²) in [5.41, 5.74) is 1.90. The molecule has 2 aromatic carbocycles. The summed E-state index contributed by atoms with van der Waals surface area (Å²) in [4.78, 5) is 14.2. The van der Waals surface area contributed by atoms with E-state index in [0.717, 1.165) is 22.7 Å². The summed E-state index contributed by atoms with van der Waals surface area (Å²) in [7, 11) is 5.05. The molecule has 4 heteroatoms. The van der Waals surface area contributed by atoms with Crippen LogP contribution in [-0.2, 0) is 4.79 Å². The molecule has 122 valence electrons. The number of methoxy groups -OCH3 is 2. The first-order chi connectivity index (χ1) is 11.1. The van der Waals surface area contributed by atoms with E-state index < -0.39 is 0 Å². The van der Waals surface area contributed by atoms with E-state index in [1.807, 2.05) is 55.5 Å². The lowest BCUT2D eigenvalue weighted by molar-refractivity contribution is -0.118. The molecule has 0 aromatic heterocycles. The number of benzene rings is 2. The van der Waals surface area contributed by atoms with Crippen molar-refractivity contribution in [3.05, 3.63) is 54.1 Å². The highest BCUT2D eigenvalue weighted by Gasteiger charge is 2.19. The van der Waals surface area contributed by atoms with Crippen LogP contribution < -0.4 is 14.4 Å². The second-order valence-electron chi connectivity index (χ2n) is 5.50. The van der Waals surface area contributed by atoms with E-state index in [2.05, 4.69) is 0 Å². The number of hydrogen-bond donors (Lipinski definition) is 0. The van der Waals surface area contributed by atoms with E-state index in [1.54, 1.807) is 26.2 Å². The van der Waals surface area contributed by atoms with Crippen LogP contribution in [-0.4, -0.2) is 27.2 Å². The minimum atomic E-state index is 0.0505. The summed E-state index contributed by atoms with van der Waals surface area (Å²) < 4.78 is 10.6. The van der Waals surface area contributed by atoms with Gasteiger partial charge in [-0.05, 0) is 29.7 Å². The molecule has 0 N–H and O–H groups in total. The zero-order valence-electron chi connectivity index (χ0n) is 14.1. The summed E-state index contributed by atoms with van der Waals surface area (Å²) >= 11 is 0. The average molecular weight is 313 g/mol. The molecule has 0 spiro atoms. The quantitative estimate of drug-likeness (QED) is 0.813. The second-order valence-corrected chi connectivity index (χ2v) is 5.50. The molecule has 1 unspecified atom stereocenters. The zero-order valence-corrected chi connectivity index (χ0v) is 14.1. The van der Waals surface area contributed by atoms with Crippen LogP contribution >= 0.6 is 0 Å². The van der Waals surface area contributed by atoms with Crippen molar-refractivity contribution < 1.29 is 14.3 Å². The summed E-state index contributed by atoms with van der Waals surface area (Å²) in [6, 6.07) is 15.3. The maximum Gasteiger partial charge on any atom is 0.227 e. The number of nitrogens with zero attached hydrogens (tertiary/aromatic N) is 1. The first kappa shape index (κ1) is 16.9. The van der Waals surface area contributed by atoms with Crippen molar-refractivity contribution in [1.82, 2.24) is 0 Å². The summed E-state index contributed by atoms with van der Waals surface area (Å²) in [5, 5.41) is 0. The average Bonchev–Trinajstić information content (AvgIpc) is 2.60. The monoisotopic (exact) mass is 313 g/mol. The van der Waals surface area contributed by atoms with Gasteiger partial charge in [-0.2, -0.15) is 0 Å². The van der Waals surface area contributed by atoms with E-state index >= 15 is 0 Å². The lowest BCUT2D eigenvalue weighted by Crippen LogP contribution is -2.27. The van der Waals surface area contributed by atoms with Crippen molar-refractivity contribution in [3.63, 3.8) is 0 Å². The maximum atomic E-state index is 12.5. The third kappa shape index (κ3) is 4.03. The Kier molecular flexibility index (Phi) is 5.63. The van der Waals surface area contributed by atoms with Gasteiger partial charge in [0.15, 0.2) is 0 Å². The Morgan fingerprint density at radius 3 is 2.39 bits per heavy atom. The van der Waals surface area contributed by atoms with Crippen molar-refractivity contribution in [1.29, 1.82) is 0 Å². The Balaban J connectivity index is 2.12. The highest BCUT2D eigenvalue weighted by molar-refractivity contribution is 5.93. The molecular formula is C19H23NO3. The second kappa shape index (κ2) is 7.68. The molecule has 0 bridgehead atoms. The summed E-state index contributed by atoms with van der Waals surface area (Å²) in [6.45, 7) is 2.03. The van der Waals surface area contributed by atoms with Crippen LogP contribution in [0.3, 0.4) is 0 Å². The van der Waals surface area contributed by atoms with Crippen molar-refractivity contribution in [2.45, 2.75) is 19.3 Å². The predicted octanol–water partition coefficient (Wildman–Crippen LogP) is 3.86. The number of ether oxygens (including phenoxy) is 2. The molecule has 0 radical (unpaired) electrons. The third-order valence-electron chi connectivity index (χ3n) is 3.97. The summed E-state index contributed by atoms with van der Waals surface area (Å²) in [5.74, 6) is 1.61. The number of carbonyl (C=O) groups is 1. The van der Waals surface area contributed by atoms with E-state index in [4.69, 9.17) is 9.47 Å². The van der Waals surface area contributed by atoms with Gasteiger partial charge in [0, 0.05) is 25.2 Å².